The molecular weight excluding hydrogens is 451 g/mol. The average molecular weight is 474 g/mol. The van der Waals surface area contributed by atoms with Gasteiger partial charge in [-0.25, -0.2) is 14.4 Å². The van der Waals surface area contributed by atoms with Crippen LogP contribution in [-0.2, 0) is 4.74 Å². The molecule has 0 unspecified atom stereocenters. The molecule has 1 saturated heterocycles. The lowest BCUT2D eigenvalue weighted by molar-refractivity contribution is -0.0456. The Morgan fingerprint density at radius 2 is 1.83 bits per heavy atom. The molecule has 0 amide bonds. The quantitative estimate of drug-likeness (QED) is 0.221. The number of nitrogens with two attached hydrogens (primary N) is 1. The van der Waals surface area contributed by atoms with Gasteiger partial charge >= 0.3 is 0 Å². The summed E-state index contributed by atoms with van der Waals surface area (Å²) in [5.41, 5.74) is 8.19. The minimum absolute atomic E-state index is 0.0350. The summed E-state index contributed by atoms with van der Waals surface area (Å²) < 4.78 is 21.3. The smallest absolute Gasteiger partial charge is 0.164 e. The number of halogens is 1. The minimum Gasteiger partial charge on any atom is -0.387 e. The second-order valence-corrected chi connectivity index (χ2v) is 9.00. The van der Waals surface area contributed by atoms with Gasteiger partial charge in [-0.15, -0.1) is 0 Å². The third-order valence-electron chi connectivity index (χ3n) is 6.75. The predicted molar refractivity (Wildman–Crippen MR) is 128 cm³/mol. The second kappa shape index (κ2) is 7.84. The van der Waals surface area contributed by atoms with Crippen LogP contribution < -0.4 is 11.1 Å². The van der Waals surface area contributed by atoms with Crippen LogP contribution in [0.25, 0.3) is 22.2 Å². The number of aromatic nitrogens is 3. The van der Waals surface area contributed by atoms with Crippen LogP contribution >= 0.6 is 0 Å². The Hall–Kier alpha value is -3.86. The lowest BCUT2D eigenvalue weighted by Crippen LogP contribution is -2.32. The standard InChI is InChI=1S/C25H23FN6O3/c26-15-5-7-16(8-6-15)31-22-18-17(13-1-3-14(4-2-13)21(27)28)11-32(23(18)30-12-29-22)24-19(33)20(34)25(35-24)9-10-25/h1-8,11-12,19-20,24,33-34H,9-10H2,(H3,27,28)(H,29,30,31)/t19-,20+,24-/m1/s1. The van der Waals surface area contributed by atoms with Crippen molar-refractivity contribution in [3.8, 4) is 11.1 Å². The number of ether oxygens (including phenoxy) is 1. The fraction of sp³-hybridized carbons (Fsp3) is 0.240. The molecule has 2 aromatic heterocycles. The van der Waals surface area contributed by atoms with Crippen molar-refractivity contribution < 1.29 is 19.3 Å². The van der Waals surface area contributed by atoms with E-state index < -0.39 is 24.0 Å². The summed E-state index contributed by atoms with van der Waals surface area (Å²) in [5, 5.41) is 33.0. The maximum Gasteiger partial charge on any atom is 0.164 e. The van der Waals surface area contributed by atoms with Gasteiger partial charge in [0.2, 0.25) is 0 Å². The van der Waals surface area contributed by atoms with Gasteiger partial charge in [-0.1, -0.05) is 24.3 Å². The molecule has 1 spiro atoms. The van der Waals surface area contributed by atoms with Crippen molar-refractivity contribution in [1.29, 1.82) is 5.41 Å². The van der Waals surface area contributed by atoms with Gasteiger partial charge in [-0.05, 0) is 42.7 Å². The van der Waals surface area contributed by atoms with E-state index in [2.05, 4.69) is 15.3 Å². The van der Waals surface area contributed by atoms with Crippen LogP contribution in [0.15, 0.2) is 61.1 Å². The Morgan fingerprint density at radius 3 is 2.46 bits per heavy atom. The molecule has 1 aliphatic heterocycles. The Morgan fingerprint density at radius 1 is 1.11 bits per heavy atom. The zero-order valence-corrected chi connectivity index (χ0v) is 18.5. The first-order chi connectivity index (χ1) is 16.9. The summed E-state index contributed by atoms with van der Waals surface area (Å²) in [6, 6.07) is 13.1. The molecular formula is C25H23FN6O3. The Bertz CT molecular complexity index is 1430. The van der Waals surface area contributed by atoms with Crippen LogP contribution in [0.1, 0.15) is 24.6 Å². The van der Waals surface area contributed by atoms with E-state index in [1.807, 2.05) is 18.3 Å². The molecule has 2 aliphatic rings. The van der Waals surface area contributed by atoms with E-state index in [1.165, 1.54) is 18.5 Å². The van der Waals surface area contributed by atoms with E-state index in [0.717, 1.165) is 11.1 Å². The van der Waals surface area contributed by atoms with E-state index in [4.69, 9.17) is 15.9 Å². The molecule has 1 saturated carbocycles. The molecule has 4 aromatic rings. The first kappa shape index (κ1) is 21.7. The van der Waals surface area contributed by atoms with Gasteiger partial charge in [-0.2, -0.15) is 0 Å². The van der Waals surface area contributed by atoms with E-state index in [1.54, 1.807) is 28.8 Å². The van der Waals surface area contributed by atoms with Crippen LogP contribution in [-0.4, -0.2) is 48.4 Å². The predicted octanol–water partition coefficient (Wildman–Crippen LogP) is 3.05. The minimum atomic E-state index is -1.12. The number of nitrogen functional groups attached to an aromatic ring is 1. The molecule has 0 bridgehead atoms. The van der Waals surface area contributed by atoms with Crippen molar-refractivity contribution in [3.05, 3.63) is 72.4 Å². The molecule has 35 heavy (non-hydrogen) atoms. The Kier molecular flexibility index (Phi) is 4.85. The van der Waals surface area contributed by atoms with Gasteiger partial charge in [0.25, 0.3) is 0 Å². The monoisotopic (exact) mass is 474 g/mol. The van der Waals surface area contributed by atoms with Crippen LogP contribution in [0, 0.1) is 11.2 Å². The van der Waals surface area contributed by atoms with E-state index in [-0.39, 0.29) is 11.7 Å². The van der Waals surface area contributed by atoms with E-state index in [9.17, 15) is 14.6 Å². The van der Waals surface area contributed by atoms with Crippen molar-refractivity contribution in [1.82, 2.24) is 14.5 Å². The van der Waals surface area contributed by atoms with Gasteiger partial charge in [0.15, 0.2) is 6.23 Å². The van der Waals surface area contributed by atoms with Gasteiger partial charge in [0.05, 0.1) is 11.0 Å². The van der Waals surface area contributed by atoms with Crippen molar-refractivity contribution in [3.63, 3.8) is 0 Å². The lowest BCUT2D eigenvalue weighted by Gasteiger charge is -2.17. The van der Waals surface area contributed by atoms with E-state index in [0.29, 0.717) is 40.9 Å². The molecule has 2 fully saturated rings. The van der Waals surface area contributed by atoms with Gasteiger partial charge in [0, 0.05) is 23.0 Å². The molecule has 2 aromatic carbocycles. The Balaban J connectivity index is 1.51. The second-order valence-electron chi connectivity index (χ2n) is 9.00. The molecule has 1 aliphatic carbocycles. The van der Waals surface area contributed by atoms with Crippen molar-refractivity contribution in [2.24, 2.45) is 5.73 Å². The summed E-state index contributed by atoms with van der Waals surface area (Å²) in [5.74, 6) is 0.105. The summed E-state index contributed by atoms with van der Waals surface area (Å²) in [6.07, 6.45) is 1.66. The van der Waals surface area contributed by atoms with Crippen molar-refractivity contribution in [2.75, 3.05) is 5.32 Å². The largest absolute Gasteiger partial charge is 0.387 e. The molecule has 6 rings (SSSR count). The van der Waals surface area contributed by atoms with Crippen LogP contribution in [0.4, 0.5) is 15.9 Å². The highest BCUT2D eigenvalue weighted by molar-refractivity contribution is 6.03. The summed E-state index contributed by atoms with van der Waals surface area (Å²) in [7, 11) is 0. The van der Waals surface area contributed by atoms with Crippen LogP contribution in [0.3, 0.4) is 0 Å². The zero-order chi connectivity index (χ0) is 24.3. The fourth-order valence-corrected chi connectivity index (χ4v) is 4.70. The van der Waals surface area contributed by atoms with Gasteiger partial charge < -0.3 is 30.6 Å². The first-order valence-corrected chi connectivity index (χ1v) is 11.2. The number of aliphatic hydroxyl groups excluding tert-OH is 2. The molecule has 0 radical (unpaired) electrons. The first-order valence-electron chi connectivity index (χ1n) is 11.2. The molecule has 3 heterocycles. The molecule has 10 heteroatoms. The maximum absolute atomic E-state index is 13.4. The average Bonchev–Trinajstić information content (AvgIpc) is 3.49. The molecule has 3 atom stereocenters. The summed E-state index contributed by atoms with van der Waals surface area (Å²) in [6.45, 7) is 0. The topological polar surface area (TPSA) is 142 Å². The number of nitrogens with zero attached hydrogens (tertiary/aromatic N) is 3. The van der Waals surface area contributed by atoms with Crippen LogP contribution in [0.5, 0.6) is 0 Å². The van der Waals surface area contributed by atoms with Gasteiger partial charge in [0.1, 0.15) is 41.7 Å². The number of amidine groups is 1. The van der Waals surface area contributed by atoms with Crippen LogP contribution in [0.2, 0.25) is 0 Å². The number of anilines is 2. The van der Waals surface area contributed by atoms with Crippen molar-refractivity contribution in [2.45, 2.75) is 36.9 Å². The molecule has 6 N–H and O–H groups in total. The molecule has 178 valence electrons. The third-order valence-corrected chi connectivity index (χ3v) is 6.75. The molecule has 9 nitrogen and oxygen atoms in total. The summed E-state index contributed by atoms with van der Waals surface area (Å²) in [4.78, 5) is 8.92. The zero-order valence-electron chi connectivity index (χ0n) is 18.5. The highest BCUT2D eigenvalue weighted by atomic mass is 19.1. The van der Waals surface area contributed by atoms with E-state index >= 15 is 0 Å². The highest BCUT2D eigenvalue weighted by Gasteiger charge is 2.62. The van der Waals surface area contributed by atoms with Gasteiger partial charge in [-0.3, -0.25) is 5.41 Å². The summed E-state index contributed by atoms with van der Waals surface area (Å²) >= 11 is 0. The lowest BCUT2D eigenvalue weighted by atomic mass is 10.0. The normalized spacial score (nSPS) is 22.5. The fourth-order valence-electron chi connectivity index (χ4n) is 4.70. The maximum atomic E-state index is 13.4. The third kappa shape index (κ3) is 3.54. The number of nitrogens with one attached hydrogen (secondary N) is 2. The Labute approximate surface area is 199 Å². The highest BCUT2D eigenvalue weighted by Crippen LogP contribution is 2.53. The number of rotatable bonds is 5. The SMILES string of the molecule is N=C(N)c1ccc(-c2cn([C@@H]3OC4(CC4)[C@@H](O)[C@H]3O)c3ncnc(Nc4ccc(F)cc4)c23)cc1. The number of fused-ring (bicyclic) bond motifs is 1. The number of aliphatic hydroxyl groups is 2. The number of hydrogen-bond donors (Lipinski definition) is 5. The number of benzene rings is 2. The van der Waals surface area contributed by atoms with Crippen molar-refractivity contribution >= 4 is 28.4 Å². The number of hydrogen-bond acceptors (Lipinski definition) is 7.